The molecule has 0 aromatic heterocycles. The van der Waals surface area contributed by atoms with Crippen LogP contribution in [0.1, 0.15) is 44.6 Å². The van der Waals surface area contributed by atoms with Gasteiger partial charge in [0.1, 0.15) is 12.6 Å². The van der Waals surface area contributed by atoms with Gasteiger partial charge in [0.25, 0.3) is 15.7 Å². The molecule has 1 atom stereocenters. The van der Waals surface area contributed by atoms with Gasteiger partial charge >= 0.3 is 0 Å². The van der Waals surface area contributed by atoms with Crippen LogP contribution in [0.4, 0.5) is 11.4 Å². The molecule has 0 heterocycles. The number of carbonyl (C=O) groups is 2. The Morgan fingerprint density at radius 1 is 0.977 bits per heavy atom. The van der Waals surface area contributed by atoms with E-state index in [1.54, 1.807) is 31.2 Å². The van der Waals surface area contributed by atoms with Crippen LogP contribution in [-0.2, 0) is 26.2 Å². The predicted molar refractivity (Wildman–Crippen MR) is 166 cm³/mol. The molecule has 1 unspecified atom stereocenters. The number of benzene rings is 3. The molecule has 43 heavy (non-hydrogen) atoms. The third-order valence-electron chi connectivity index (χ3n) is 7.45. The molecule has 4 rings (SSSR count). The molecule has 2 amide bonds. The highest BCUT2D eigenvalue weighted by atomic mass is 35.5. The molecule has 0 saturated heterocycles. The monoisotopic (exact) mass is 646 g/mol. The first kappa shape index (κ1) is 32.2. The molecule has 228 valence electrons. The maximum Gasteiger partial charge on any atom is 0.271 e. The minimum Gasteiger partial charge on any atom is -0.352 e. The third kappa shape index (κ3) is 7.84. The Labute approximate surface area is 260 Å². The zero-order valence-corrected chi connectivity index (χ0v) is 25.8. The van der Waals surface area contributed by atoms with Gasteiger partial charge in [0, 0.05) is 40.3 Å². The molecule has 1 N–H and O–H groups in total. The summed E-state index contributed by atoms with van der Waals surface area (Å²) in [6.07, 6.45) is 4.75. The topological polar surface area (TPSA) is 130 Å². The Balaban J connectivity index is 1.73. The van der Waals surface area contributed by atoms with Gasteiger partial charge in [0.15, 0.2) is 0 Å². The Hall–Kier alpha value is -3.67. The molecule has 3 aromatic carbocycles. The highest BCUT2D eigenvalue weighted by molar-refractivity contribution is 7.92. The van der Waals surface area contributed by atoms with Crippen LogP contribution in [0.25, 0.3) is 0 Å². The van der Waals surface area contributed by atoms with E-state index in [1.807, 2.05) is 0 Å². The number of nitro benzene ring substituents is 1. The number of nitrogens with one attached hydrogen (secondary N) is 1. The lowest BCUT2D eigenvalue weighted by molar-refractivity contribution is -0.384. The summed E-state index contributed by atoms with van der Waals surface area (Å²) in [6.45, 7) is 0.635. The van der Waals surface area contributed by atoms with E-state index in [-0.39, 0.29) is 38.9 Å². The van der Waals surface area contributed by atoms with Crippen LogP contribution in [0.2, 0.25) is 10.0 Å². The number of sulfonamides is 1. The second-order valence-corrected chi connectivity index (χ2v) is 13.0. The number of hydrogen-bond donors (Lipinski definition) is 1. The van der Waals surface area contributed by atoms with Gasteiger partial charge in [-0.3, -0.25) is 24.0 Å². The molecule has 1 aliphatic rings. The zero-order chi connectivity index (χ0) is 31.1. The van der Waals surface area contributed by atoms with Crippen molar-refractivity contribution in [3.8, 4) is 0 Å². The van der Waals surface area contributed by atoms with Crippen LogP contribution in [-0.4, -0.2) is 48.7 Å². The SMILES string of the molecule is CC(C(=O)NC1CCCCC1)N(Cc1c(Cl)cccc1Cl)C(=O)CN(c1cccc([N+](=O)[O-])c1)S(=O)(=O)c1ccccc1. The fourth-order valence-corrected chi connectivity index (χ4v) is 6.96. The largest absolute Gasteiger partial charge is 0.352 e. The fraction of sp³-hybridized carbons (Fsp3) is 0.333. The van der Waals surface area contributed by atoms with Crippen molar-refractivity contribution in [2.45, 2.75) is 62.6 Å². The molecule has 1 saturated carbocycles. The lowest BCUT2D eigenvalue weighted by Crippen LogP contribution is -2.53. The lowest BCUT2D eigenvalue weighted by Gasteiger charge is -2.33. The van der Waals surface area contributed by atoms with E-state index in [0.717, 1.165) is 42.5 Å². The summed E-state index contributed by atoms with van der Waals surface area (Å²) in [5, 5.41) is 15.1. The van der Waals surface area contributed by atoms with Gasteiger partial charge in [-0.05, 0) is 50.1 Å². The summed E-state index contributed by atoms with van der Waals surface area (Å²) < 4.78 is 28.5. The van der Waals surface area contributed by atoms with E-state index < -0.39 is 39.3 Å². The molecular formula is C30H32Cl2N4O6S. The first-order valence-electron chi connectivity index (χ1n) is 13.8. The summed E-state index contributed by atoms with van der Waals surface area (Å²) in [7, 11) is -4.37. The van der Waals surface area contributed by atoms with Crippen LogP contribution in [0.3, 0.4) is 0 Å². The highest BCUT2D eigenvalue weighted by Crippen LogP contribution is 2.30. The second kappa shape index (κ2) is 14.2. The molecule has 1 fully saturated rings. The van der Waals surface area contributed by atoms with Gasteiger partial charge in [0.05, 0.1) is 15.5 Å². The van der Waals surface area contributed by atoms with E-state index >= 15 is 0 Å². The molecule has 0 bridgehead atoms. The third-order valence-corrected chi connectivity index (χ3v) is 9.94. The minimum absolute atomic E-state index is 0.0237. The predicted octanol–water partition coefficient (Wildman–Crippen LogP) is 5.96. The van der Waals surface area contributed by atoms with Gasteiger partial charge in [-0.1, -0.05) is 72.8 Å². The average Bonchev–Trinajstić information content (AvgIpc) is 3.00. The van der Waals surface area contributed by atoms with E-state index in [9.17, 15) is 28.1 Å². The molecule has 0 aliphatic heterocycles. The smallest absolute Gasteiger partial charge is 0.271 e. The molecule has 10 nitrogen and oxygen atoms in total. The number of nitrogens with zero attached hydrogens (tertiary/aromatic N) is 3. The normalized spacial score (nSPS) is 14.5. The minimum atomic E-state index is -4.37. The molecule has 0 spiro atoms. The number of anilines is 1. The van der Waals surface area contributed by atoms with Gasteiger partial charge in [-0.25, -0.2) is 8.42 Å². The van der Waals surface area contributed by atoms with E-state index in [4.69, 9.17) is 23.2 Å². The Kier molecular flexibility index (Phi) is 10.6. The second-order valence-electron chi connectivity index (χ2n) is 10.3. The Morgan fingerprint density at radius 3 is 2.23 bits per heavy atom. The maximum absolute atomic E-state index is 14.1. The van der Waals surface area contributed by atoms with Crippen LogP contribution >= 0.6 is 23.2 Å². The van der Waals surface area contributed by atoms with Gasteiger partial charge in [0.2, 0.25) is 11.8 Å². The van der Waals surface area contributed by atoms with Crippen LogP contribution in [0.5, 0.6) is 0 Å². The lowest BCUT2D eigenvalue weighted by atomic mass is 9.95. The standard InChI is InChI=1S/C30H32Cl2N4O6S/c1-21(30(38)33-22-10-4-2-5-11-22)34(19-26-27(31)16-9-17-28(26)32)29(37)20-35(23-12-8-13-24(18-23)36(39)40)43(41,42)25-14-6-3-7-15-25/h3,6-9,12-18,21-22H,2,4-5,10-11,19-20H2,1H3,(H,33,38). The van der Waals surface area contributed by atoms with Gasteiger partial charge in [-0.15, -0.1) is 0 Å². The first-order chi connectivity index (χ1) is 20.5. The summed E-state index contributed by atoms with van der Waals surface area (Å²) in [5.41, 5.74) is -0.0381. The quantitative estimate of drug-likeness (QED) is 0.202. The summed E-state index contributed by atoms with van der Waals surface area (Å²) in [6, 6.07) is 16.3. The number of halogens is 2. The van der Waals surface area contributed by atoms with Crippen molar-refractivity contribution in [2.24, 2.45) is 0 Å². The van der Waals surface area contributed by atoms with Crippen LogP contribution in [0, 0.1) is 10.1 Å². The molecule has 13 heteroatoms. The van der Waals surface area contributed by atoms with Crippen molar-refractivity contribution >= 4 is 56.4 Å². The Morgan fingerprint density at radius 2 is 1.60 bits per heavy atom. The fourth-order valence-electron chi connectivity index (χ4n) is 5.02. The number of hydrogen-bond acceptors (Lipinski definition) is 6. The van der Waals surface area contributed by atoms with E-state index in [1.165, 1.54) is 47.4 Å². The Bertz CT molecular complexity index is 1560. The van der Waals surface area contributed by atoms with Crippen molar-refractivity contribution in [3.63, 3.8) is 0 Å². The van der Waals surface area contributed by atoms with Crippen molar-refractivity contribution in [2.75, 3.05) is 10.8 Å². The number of carbonyl (C=O) groups excluding carboxylic acids is 2. The molecular weight excluding hydrogens is 615 g/mol. The van der Waals surface area contributed by atoms with E-state index in [2.05, 4.69) is 5.32 Å². The first-order valence-corrected chi connectivity index (χ1v) is 16.0. The summed E-state index contributed by atoms with van der Waals surface area (Å²) in [4.78, 5) is 39.5. The van der Waals surface area contributed by atoms with Crippen LogP contribution < -0.4 is 9.62 Å². The van der Waals surface area contributed by atoms with E-state index in [0.29, 0.717) is 5.56 Å². The number of non-ortho nitro benzene ring substituents is 1. The number of amides is 2. The van der Waals surface area contributed by atoms with Crippen molar-refractivity contribution in [3.05, 3.63) is 98.5 Å². The molecule has 1 aliphatic carbocycles. The van der Waals surface area contributed by atoms with Gasteiger partial charge in [-0.2, -0.15) is 0 Å². The van der Waals surface area contributed by atoms with Crippen molar-refractivity contribution < 1.29 is 22.9 Å². The van der Waals surface area contributed by atoms with Gasteiger partial charge < -0.3 is 10.2 Å². The summed E-state index contributed by atoms with van der Waals surface area (Å²) in [5.74, 6) is -1.12. The maximum atomic E-state index is 14.1. The number of rotatable bonds is 11. The van der Waals surface area contributed by atoms with Crippen molar-refractivity contribution in [1.29, 1.82) is 0 Å². The van der Waals surface area contributed by atoms with Crippen molar-refractivity contribution in [1.82, 2.24) is 10.2 Å². The summed E-state index contributed by atoms with van der Waals surface area (Å²) >= 11 is 12.9. The highest BCUT2D eigenvalue weighted by Gasteiger charge is 2.34. The van der Waals surface area contributed by atoms with Crippen LogP contribution in [0.15, 0.2) is 77.7 Å². The average molecular weight is 648 g/mol. The number of nitro groups is 1. The molecule has 3 aromatic rings. The zero-order valence-electron chi connectivity index (χ0n) is 23.5. The molecule has 0 radical (unpaired) electrons.